The van der Waals surface area contributed by atoms with Crippen LogP contribution in [0.15, 0.2) is 42.0 Å². The standard InChI is InChI=1S/C14H16O3/c15-13(16)14(17,11-7-3-1-4-8-11)12-9-5-2-6-10-12/h1,3-4,7-9,17H,2,5-6,10H2,(H,15,16)/t14-/m0/s1. The summed E-state index contributed by atoms with van der Waals surface area (Å²) >= 11 is 0. The van der Waals surface area contributed by atoms with Gasteiger partial charge in [-0.05, 0) is 36.8 Å². The highest BCUT2D eigenvalue weighted by Gasteiger charge is 2.41. The van der Waals surface area contributed by atoms with Crippen LogP contribution in [0.1, 0.15) is 31.2 Å². The quantitative estimate of drug-likeness (QED) is 0.787. The van der Waals surface area contributed by atoms with Gasteiger partial charge in [-0.1, -0.05) is 36.4 Å². The lowest BCUT2D eigenvalue weighted by atomic mass is 9.80. The van der Waals surface area contributed by atoms with Crippen molar-refractivity contribution in [3.05, 3.63) is 47.5 Å². The Morgan fingerprint density at radius 1 is 1.18 bits per heavy atom. The smallest absolute Gasteiger partial charge is 0.344 e. The minimum atomic E-state index is -1.86. The predicted octanol–water partition coefficient (Wildman–Crippen LogP) is 2.46. The summed E-state index contributed by atoms with van der Waals surface area (Å²) in [5, 5.41) is 19.9. The second kappa shape index (κ2) is 4.72. The zero-order valence-electron chi connectivity index (χ0n) is 9.60. The first-order valence-corrected chi connectivity index (χ1v) is 5.86. The second-order valence-corrected chi connectivity index (χ2v) is 4.36. The molecule has 1 aromatic carbocycles. The second-order valence-electron chi connectivity index (χ2n) is 4.36. The molecule has 0 aromatic heterocycles. The van der Waals surface area contributed by atoms with Gasteiger partial charge in [-0.2, -0.15) is 0 Å². The molecule has 1 aliphatic carbocycles. The predicted molar refractivity (Wildman–Crippen MR) is 64.5 cm³/mol. The number of rotatable bonds is 3. The Kier molecular flexibility index (Phi) is 3.29. The van der Waals surface area contributed by atoms with Crippen LogP contribution in [0.2, 0.25) is 0 Å². The van der Waals surface area contributed by atoms with Crippen LogP contribution < -0.4 is 0 Å². The topological polar surface area (TPSA) is 57.5 Å². The van der Waals surface area contributed by atoms with E-state index >= 15 is 0 Å². The van der Waals surface area contributed by atoms with Gasteiger partial charge in [-0.15, -0.1) is 0 Å². The van der Waals surface area contributed by atoms with Crippen molar-refractivity contribution in [2.45, 2.75) is 31.3 Å². The summed E-state index contributed by atoms with van der Waals surface area (Å²) in [6.07, 6.45) is 5.36. The maximum Gasteiger partial charge on any atom is 0.344 e. The summed E-state index contributed by atoms with van der Waals surface area (Å²) in [4.78, 5) is 11.4. The molecule has 0 unspecified atom stereocenters. The van der Waals surface area contributed by atoms with Crippen LogP contribution in [0, 0.1) is 0 Å². The average molecular weight is 232 g/mol. The van der Waals surface area contributed by atoms with Gasteiger partial charge in [0.05, 0.1) is 0 Å². The first kappa shape index (κ1) is 11.9. The van der Waals surface area contributed by atoms with E-state index in [1.165, 1.54) is 0 Å². The van der Waals surface area contributed by atoms with Crippen LogP contribution in [0.25, 0.3) is 0 Å². The zero-order valence-corrected chi connectivity index (χ0v) is 9.60. The molecular weight excluding hydrogens is 216 g/mol. The van der Waals surface area contributed by atoms with E-state index in [-0.39, 0.29) is 0 Å². The van der Waals surface area contributed by atoms with Crippen LogP contribution in [0.4, 0.5) is 0 Å². The van der Waals surface area contributed by atoms with Gasteiger partial charge in [0.25, 0.3) is 0 Å². The molecule has 2 N–H and O–H groups in total. The van der Waals surface area contributed by atoms with Gasteiger partial charge in [0.1, 0.15) is 0 Å². The lowest BCUT2D eigenvalue weighted by Crippen LogP contribution is -2.38. The van der Waals surface area contributed by atoms with Crippen molar-refractivity contribution in [2.24, 2.45) is 0 Å². The van der Waals surface area contributed by atoms with E-state index in [2.05, 4.69) is 0 Å². The van der Waals surface area contributed by atoms with Crippen LogP contribution in [0.5, 0.6) is 0 Å². The average Bonchev–Trinajstić information content (AvgIpc) is 2.39. The fraction of sp³-hybridized carbons (Fsp3) is 0.357. The Morgan fingerprint density at radius 2 is 1.88 bits per heavy atom. The molecule has 3 heteroatoms. The Labute approximate surface area is 100 Å². The van der Waals surface area contributed by atoms with Crippen LogP contribution in [-0.2, 0) is 10.4 Å². The van der Waals surface area contributed by atoms with E-state index in [0.717, 1.165) is 19.3 Å². The third kappa shape index (κ3) is 2.11. The van der Waals surface area contributed by atoms with Crippen molar-refractivity contribution in [1.29, 1.82) is 0 Å². The molecule has 3 nitrogen and oxygen atoms in total. The first-order chi connectivity index (χ1) is 8.15. The zero-order chi connectivity index (χ0) is 12.3. The largest absolute Gasteiger partial charge is 0.479 e. The van der Waals surface area contributed by atoms with E-state index in [1.54, 1.807) is 30.3 Å². The molecule has 0 saturated carbocycles. The van der Waals surface area contributed by atoms with E-state index in [9.17, 15) is 15.0 Å². The fourth-order valence-electron chi connectivity index (χ4n) is 2.29. The third-order valence-corrected chi connectivity index (χ3v) is 3.26. The number of carboxylic acids is 1. The molecule has 0 saturated heterocycles. The molecule has 2 rings (SSSR count). The summed E-state index contributed by atoms with van der Waals surface area (Å²) in [6, 6.07) is 8.60. The minimum absolute atomic E-state index is 0.431. The Bertz CT molecular complexity index is 436. The van der Waals surface area contributed by atoms with Gasteiger partial charge < -0.3 is 10.2 Å². The van der Waals surface area contributed by atoms with Gasteiger partial charge in [-0.3, -0.25) is 0 Å². The van der Waals surface area contributed by atoms with E-state index in [4.69, 9.17) is 0 Å². The van der Waals surface area contributed by atoms with Gasteiger partial charge in [0, 0.05) is 0 Å². The molecule has 0 amide bonds. The van der Waals surface area contributed by atoms with Gasteiger partial charge in [0.15, 0.2) is 0 Å². The summed E-state index contributed by atoms with van der Waals surface area (Å²) in [7, 11) is 0. The molecule has 1 atom stereocenters. The molecule has 0 spiro atoms. The number of hydrogen-bond donors (Lipinski definition) is 2. The van der Waals surface area contributed by atoms with Crippen LogP contribution in [0.3, 0.4) is 0 Å². The highest BCUT2D eigenvalue weighted by atomic mass is 16.4. The number of aliphatic hydroxyl groups is 1. The highest BCUT2D eigenvalue weighted by molar-refractivity contribution is 5.83. The number of aliphatic carboxylic acids is 1. The SMILES string of the molecule is O=C(O)[C@@](O)(C1=CCCCC1)c1ccccc1. The summed E-state index contributed by atoms with van der Waals surface area (Å²) < 4.78 is 0. The summed E-state index contributed by atoms with van der Waals surface area (Å²) in [5.41, 5.74) is -0.815. The summed E-state index contributed by atoms with van der Waals surface area (Å²) in [5.74, 6) is -1.20. The maximum atomic E-state index is 11.4. The van der Waals surface area contributed by atoms with Gasteiger partial charge in [-0.25, -0.2) is 4.79 Å². The molecule has 0 radical (unpaired) electrons. The van der Waals surface area contributed by atoms with Crippen LogP contribution >= 0.6 is 0 Å². The van der Waals surface area contributed by atoms with Gasteiger partial charge >= 0.3 is 5.97 Å². The molecule has 1 aliphatic rings. The first-order valence-electron chi connectivity index (χ1n) is 5.86. The Balaban J connectivity index is 2.46. The number of benzene rings is 1. The fourth-order valence-corrected chi connectivity index (χ4v) is 2.29. The molecule has 0 bridgehead atoms. The molecule has 90 valence electrons. The maximum absolute atomic E-state index is 11.4. The van der Waals surface area contributed by atoms with E-state index in [1.807, 2.05) is 6.08 Å². The molecule has 0 aliphatic heterocycles. The van der Waals surface area contributed by atoms with Crippen LogP contribution in [-0.4, -0.2) is 16.2 Å². The van der Waals surface area contributed by atoms with Gasteiger partial charge in [0.2, 0.25) is 5.60 Å². The highest BCUT2D eigenvalue weighted by Crippen LogP contribution is 2.35. The lowest BCUT2D eigenvalue weighted by molar-refractivity contribution is -0.155. The van der Waals surface area contributed by atoms with E-state index in [0.29, 0.717) is 17.6 Å². The number of hydrogen-bond acceptors (Lipinski definition) is 2. The van der Waals surface area contributed by atoms with Crippen molar-refractivity contribution >= 4 is 5.97 Å². The molecule has 1 aromatic rings. The van der Waals surface area contributed by atoms with E-state index < -0.39 is 11.6 Å². The number of allylic oxidation sites excluding steroid dienone is 1. The minimum Gasteiger partial charge on any atom is -0.479 e. The number of carboxylic acid groups (broad SMARTS) is 1. The van der Waals surface area contributed by atoms with Crippen molar-refractivity contribution in [3.63, 3.8) is 0 Å². The summed E-state index contributed by atoms with van der Waals surface area (Å²) in [6.45, 7) is 0. The monoisotopic (exact) mass is 232 g/mol. The van der Waals surface area contributed by atoms with Crippen molar-refractivity contribution in [3.8, 4) is 0 Å². The third-order valence-electron chi connectivity index (χ3n) is 3.26. The lowest BCUT2D eigenvalue weighted by Gasteiger charge is -2.29. The Morgan fingerprint density at radius 3 is 2.41 bits per heavy atom. The molecule has 0 heterocycles. The van der Waals surface area contributed by atoms with Crippen molar-refractivity contribution in [1.82, 2.24) is 0 Å². The Hall–Kier alpha value is -1.61. The molecule has 17 heavy (non-hydrogen) atoms. The molecule has 0 fully saturated rings. The van der Waals surface area contributed by atoms with Crippen molar-refractivity contribution in [2.75, 3.05) is 0 Å². The normalized spacial score (nSPS) is 19.2. The molecular formula is C14H16O3. The number of carbonyl (C=O) groups is 1. The van der Waals surface area contributed by atoms with Crippen molar-refractivity contribution < 1.29 is 15.0 Å².